The first-order valence-electron chi connectivity index (χ1n) is 9.58. The van der Waals surface area contributed by atoms with Crippen LogP contribution in [-0.2, 0) is 9.59 Å². The molecule has 3 aromatic rings. The molecular weight excluding hydrogens is 396 g/mol. The Kier molecular flexibility index (Phi) is 7.37. The van der Waals surface area contributed by atoms with Crippen molar-refractivity contribution in [2.75, 3.05) is 13.2 Å². The zero-order chi connectivity index (χ0) is 22.1. The summed E-state index contributed by atoms with van der Waals surface area (Å²) < 4.78 is 10.6. The zero-order valence-corrected chi connectivity index (χ0v) is 16.9. The summed E-state index contributed by atoms with van der Waals surface area (Å²) in [5.74, 6) is -0.395. The minimum Gasteiger partial charge on any atom is -0.484 e. The first-order chi connectivity index (χ1) is 15.0. The number of ether oxygens (including phenoxy) is 2. The fourth-order valence-electron chi connectivity index (χ4n) is 2.70. The van der Waals surface area contributed by atoms with E-state index in [0.717, 1.165) is 16.7 Å². The number of hydrazone groups is 1. The first-order valence-corrected chi connectivity index (χ1v) is 9.58. The van der Waals surface area contributed by atoms with Crippen LogP contribution in [0.2, 0.25) is 0 Å². The fraction of sp³-hybridized carbons (Fsp3) is 0.125. The summed E-state index contributed by atoms with van der Waals surface area (Å²) in [5, 5.41) is 12.7. The van der Waals surface area contributed by atoms with Gasteiger partial charge in [0.25, 0.3) is 5.91 Å². The van der Waals surface area contributed by atoms with Crippen molar-refractivity contribution in [2.24, 2.45) is 5.10 Å². The van der Waals surface area contributed by atoms with Crippen molar-refractivity contribution in [1.29, 1.82) is 0 Å². The number of carbonyl (C=O) groups excluding carboxylic acids is 1. The summed E-state index contributed by atoms with van der Waals surface area (Å²) in [6, 6.07) is 24.2. The maximum Gasteiger partial charge on any atom is 0.341 e. The second-order valence-electron chi connectivity index (χ2n) is 6.62. The molecular formula is C24H22N2O5. The van der Waals surface area contributed by atoms with Crippen molar-refractivity contribution < 1.29 is 24.2 Å². The highest BCUT2D eigenvalue weighted by molar-refractivity contribution is 5.99. The minimum absolute atomic E-state index is 0.163. The molecule has 1 amide bonds. The van der Waals surface area contributed by atoms with Crippen LogP contribution in [0.4, 0.5) is 0 Å². The third-order valence-corrected chi connectivity index (χ3v) is 4.31. The van der Waals surface area contributed by atoms with Gasteiger partial charge in [-0.15, -0.1) is 0 Å². The van der Waals surface area contributed by atoms with E-state index in [-0.39, 0.29) is 12.5 Å². The number of amides is 1. The van der Waals surface area contributed by atoms with Crippen LogP contribution < -0.4 is 14.9 Å². The molecule has 0 saturated heterocycles. The minimum atomic E-state index is -1.04. The molecule has 0 fully saturated rings. The van der Waals surface area contributed by atoms with Crippen molar-refractivity contribution in [3.63, 3.8) is 0 Å². The van der Waals surface area contributed by atoms with Gasteiger partial charge in [0, 0.05) is 0 Å². The Hall–Kier alpha value is -4.13. The number of carboxylic acid groups (broad SMARTS) is 1. The number of rotatable bonds is 9. The number of nitrogens with zero attached hydrogens (tertiary/aromatic N) is 1. The average molecular weight is 418 g/mol. The van der Waals surface area contributed by atoms with Gasteiger partial charge in [0.2, 0.25) is 0 Å². The van der Waals surface area contributed by atoms with Crippen molar-refractivity contribution >= 4 is 17.6 Å². The second kappa shape index (κ2) is 10.6. The fourth-order valence-corrected chi connectivity index (χ4v) is 2.70. The van der Waals surface area contributed by atoms with E-state index in [9.17, 15) is 9.59 Å². The van der Waals surface area contributed by atoms with Crippen LogP contribution in [0.25, 0.3) is 11.1 Å². The number of carbonyl (C=O) groups is 2. The predicted molar refractivity (Wildman–Crippen MR) is 117 cm³/mol. The van der Waals surface area contributed by atoms with E-state index in [0.29, 0.717) is 17.2 Å². The summed E-state index contributed by atoms with van der Waals surface area (Å²) in [7, 11) is 0. The standard InChI is InChI=1S/C24H22N2O5/c1-17(18-7-11-22(12-8-18)31-16-24(28)29)25-26-23(27)15-30-21-13-9-20(10-14-21)19-5-3-2-4-6-19/h2-14H,15-16H2,1H3,(H,26,27)(H,28,29)/b25-17-. The Morgan fingerprint density at radius 2 is 1.35 bits per heavy atom. The van der Waals surface area contributed by atoms with Crippen LogP contribution in [0.3, 0.4) is 0 Å². The van der Waals surface area contributed by atoms with E-state index >= 15 is 0 Å². The summed E-state index contributed by atoms with van der Waals surface area (Å²) in [5.41, 5.74) is 5.99. The third kappa shape index (κ3) is 6.71. The van der Waals surface area contributed by atoms with Crippen LogP contribution in [0.5, 0.6) is 11.5 Å². The number of benzene rings is 3. The van der Waals surface area contributed by atoms with Crippen LogP contribution in [0, 0.1) is 0 Å². The van der Waals surface area contributed by atoms with Gasteiger partial charge in [0.05, 0.1) is 5.71 Å². The van der Waals surface area contributed by atoms with Gasteiger partial charge in [-0.25, -0.2) is 10.2 Å². The summed E-state index contributed by atoms with van der Waals surface area (Å²) >= 11 is 0. The van der Waals surface area contributed by atoms with Gasteiger partial charge in [-0.1, -0.05) is 42.5 Å². The third-order valence-electron chi connectivity index (χ3n) is 4.31. The molecule has 0 bridgehead atoms. The van der Waals surface area contributed by atoms with Gasteiger partial charge in [0.15, 0.2) is 13.2 Å². The molecule has 0 atom stereocenters. The van der Waals surface area contributed by atoms with Crippen LogP contribution >= 0.6 is 0 Å². The van der Waals surface area contributed by atoms with Crippen LogP contribution in [-0.4, -0.2) is 35.9 Å². The molecule has 158 valence electrons. The molecule has 3 rings (SSSR count). The molecule has 7 heteroatoms. The van der Waals surface area contributed by atoms with E-state index < -0.39 is 12.6 Å². The van der Waals surface area contributed by atoms with Gasteiger partial charge >= 0.3 is 5.97 Å². The van der Waals surface area contributed by atoms with Crippen molar-refractivity contribution in [3.8, 4) is 22.6 Å². The normalized spacial score (nSPS) is 10.9. The molecule has 0 aliphatic rings. The van der Waals surface area contributed by atoms with Crippen LogP contribution in [0.1, 0.15) is 12.5 Å². The van der Waals surface area contributed by atoms with Gasteiger partial charge in [0.1, 0.15) is 11.5 Å². The monoisotopic (exact) mass is 418 g/mol. The topological polar surface area (TPSA) is 97.2 Å². The van der Waals surface area contributed by atoms with Crippen LogP contribution in [0.15, 0.2) is 84.0 Å². The number of carboxylic acids is 1. The molecule has 0 aromatic heterocycles. The van der Waals surface area contributed by atoms with Crippen molar-refractivity contribution in [3.05, 3.63) is 84.4 Å². The average Bonchev–Trinajstić information content (AvgIpc) is 2.81. The van der Waals surface area contributed by atoms with E-state index in [1.165, 1.54) is 0 Å². The lowest BCUT2D eigenvalue weighted by Gasteiger charge is -2.08. The van der Waals surface area contributed by atoms with Gasteiger partial charge in [-0.2, -0.15) is 5.10 Å². The van der Waals surface area contributed by atoms with Gasteiger partial charge in [-0.05, 0) is 60.0 Å². The maximum atomic E-state index is 12.0. The van der Waals surface area contributed by atoms with Gasteiger partial charge < -0.3 is 14.6 Å². The predicted octanol–water partition coefficient (Wildman–Crippen LogP) is 3.74. The highest BCUT2D eigenvalue weighted by atomic mass is 16.5. The molecule has 0 heterocycles. The molecule has 0 radical (unpaired) electrons. The van der Waals surface area contributed by atoms with E-state index in [1.807, 2.05) is 54.6 Å². The number of hydrogen-bond donors (Lipinski definition) is 2. The molecule has 0 aliphatic heterocycles. The Labute approximate surface area is 179 Å². The first kappa shape index (κ1) is 21.6. The molecule has 2 N–H and O–H groups in total. The Balaban J connectivity index is 1.48. The van der Waals surface area contributed by atoms with E-state index in [1.54, 1.807) is 31.2 Å². The molecule has 0 unspecified atom stereocenters. The smallest absolute Gasteiger partial charge is 0.341 e. The Morgan fingerprint density at radius 3 is 1.97 bits per heavy atom. The summed E-state index contributed by atoms with van der Waals surface area (Å²) in [6.45, 7) is 1.18. The lowest BCUT2D eigenvalue weighted by atomic mass is 10.1. The number of aliphatic carboxylic acids is 1. The van der Waals surface area contributed by atoms with Crippen molar-refractivity contribution in [2.45, 2.75) is 6.92 Å². The highest BCUT2D eigenvalue weighted by Crippen LogP contribution is 2.22. The Bertz CT molecular complexity index is 1050. The number of hydrogen-bond acceptors (Lipinski definition) is 5. The van der Waals surface area contributed by atoms with E-state index in [2.05, 4.69) is 10.5 Å². The van der Waals surface area contributed by atoms with Crippen molar-refractivity contribution in [1.82, 2.24) is 5.43 Å². The highest BCUT2D eigenvalue weighted by Gasteiger charge is 2.05. The molecule has 7 nitrogen and oxygen atoms in total. The molecule has 0 saturated carbocycles. The molecule has 0 aliphatic carbocycles. The second-order valence-corrected chi connectivity index (χ2v) is 6.62. The Morgan fingerprint density at radius 1 is 0.806 bits per heavy atom. The largest absolute Gasteiger partial charge is 0.484 e. The number of nitrogens with one attached hydrogen (secondary N) is 1. The maximum absolute atomic E-state index is 12.0. The summed E-state index contributed by atoms with van der Waals surface area (Å²) in [4.78, 5) is 22.5. The SMILES string of the molecule is C/C(=N/NC(=O)COc1ccc(-c2ccccc2)cc1)c1ccc(OCC(=O)O)cc1. The molecule has 0 spiro atoms. The lowest BCUT2D eigenvalue weighted by Crippen LogP contribution is -2.25. The lowest BCUT2D eigenvalue weighted by molar-refractivity contribution is -0.139. The molecule has 3 aromatic carbocycles. The quantitative estimate of drug-likeness (QED) is 0.408. The zero-order valence-electron chi connectivity index (χ0n) is 16.9. The summed E-state index contributed by atoms with van der Waals surface area (Å²) in [6.07, 6.45) is 0. The van der Waals surface area contributed by atoms with E-state index in [4.69, 9.17) is 14.6 Å². The van der Waals surface area contributed by atoms with Gasteiger partial charge in [-0.3, -0.25) is 4.79 Å². The molecule has 31 heavy (non-hydrogen) atoms.